The summed E-state index contributed by atoms with van der Waals surface area (Å²) in [4.78, 5) is 2.14. The summed E-state index contributed by atoms with van der Waals surface area (Å²) in [7, 11) is 2.03. The molecular formula is C13H20N2O2. The van der Waals surface area contributed by atoms with Crippen molar-refractivity contribution < 1.29 is 9.84 Å². The van der Waals surface area contributed by atoms with Crippen molar-refractivity contribution in [1.82, 2.24) is 0 Å². The number of likely N-dealkylation sites (N-methyl/N-ethyl adjacent to an activating group) is 1. The Kier molecular flexibility index (Phi) is 3.02. The minimum Gasteiger partial charge on any atom is -0.484 e. The molecule has 0 radical (unpaired) electrons. The number of aliphatic hydroxyl groups excluding tert-OH is 1. The molecule has 1 unspecified atom stereocenters. The van der Waals surface area contributed by atoms with Crippen LogP contribution in [0.2, 0.25) is 0 Å². The molecule has 2 rings (SSSR count). The number of anilines is 1. The number of hydrogen-bond donors (Lipinski definition) is 2. The van der Waals surface area contributed by atoms with Gasteiger partial charge in [0.25, 0.3) is 0 Å². The minimum absolute atomic E-state index is 0.185. The highest BCUT2D eigenvalue weighted by atomic mass is 16.5. The van der Waals surface area contributed by atoms with E-state index in [1.807, 2.05) is 25.2 Å². The number of nitrogens with zero attached hydrogens (tertiary/aromatic N) is 1. The van der Waals surface area contributed by atoms with Crippen LogP contribution in [0, 0.1) is 0 Å². The molecule has 1 aliphatic rings. The average molecular weight is 236 g/mol. The molecule has 4 heteroatoms. The summed E-state index contributed by atoms with van der Waals surface area (Å²) in [6.07, 6.45) is -0.608. The highest BCUT2D eigenvalue weighted by Gasteiger charge is 2.30. The van der Waals surface area contributed by atoms with Gasteiger partial charge < -0.3 is 20.5 Å². The average Bonchev–Trinajstić information content (AvgIpc) is 2.26. The van der Waals surface area contributed by atoms with Gasteiger partial charge in [-0.15, -0.1) is 0 Å². The van der Waals surface area contributed by atoms with Gasteiger partial charge in [0.2, 0.25) is 0 Å². The maximum absolute atomic E-state index is 9.74. The lowest BCUT2D eigenvalue weighted by atomic mass is 10.0. The van der Waals surface area contributed by atoms with Crippen molar-refractivity contribution >= 4 is 5.69 Å². The van der Waals surface area contributed by atoms with E-state index in [0.29, 0.717) is 0 Å². The zero-order valence-corrected chi connectivity index (χ0v) is 10.6. The fourth-order valence-electron chi connectivity index (χ4n) is 2.25. The normalized spacial score (nSPS) is 19.5. The molecule has 0 aliphatic carbocycles. The van der Waals surface area contributed by atoms with Crippen LogP contribution >= 0.6 is 0 Å². The first kappa shape index (κ1) is 12.2. The molecule has 3 N–H and O–H groups in total. The summed E-state index contributed by atoms with van der Waals surface area (Å²) >= 11 is 0. The summed E-state index contributed by atoms with van der Waals surface area (Å²) in [5, 5.41) is 9.74. The largest absolute Gasteiger partial charge is 0.484 e. The van der Waals surface area contributed by atoms with Gasteiger partial charge in [-0.3, -0.25) is 0 Å². The van der Waals surface area contributed by atoms with Gasteiger partial charge in [0.05, 0.1) is 18.3 Å². The number of aliphatic hydroxyl groups is 1. The Balaban J connectivity index is 2.37. The van der Waals surface area contributed by atoms with Gasteiger partial charge in [-0.2, -0.15) is 0 Å². The monoisotopic (exact) mass is 236 g/mol. The third-order valence-corrected chi connectivity index (χ3v) is 3.01. The molecule has 0 amide bonds. The second-order valence-corrected chi connectivity index (χ2v) is 5.20. The Morgan fingerprint density at radius 3 is 2.88 bits per heavy atom. The summed E-state index contributed by atoms with van der Waals surface area (Å²) < 4.78 is 5.90. The summed E-state index contributed by atoms with van der Waals surface area (Å²) in [6.45, 7) is 5.18. The highest BCUT2D eigenvalue weighted by molar-refractivity contribution is 5.62. The van der Waals surface area contributed by atoms with Gasteiger partial charge in [-0.25, -0.2) is 0 Å². The van der Waals surface area contributed by atoms with Crippen LogP contribution in [-0.4, -0.2) is 30.8 Å². The first-order chi connectivity index (χ1) is 7.93. The molecule has 0 bridgehead atoms. The van der Waals surface area contributed by atoms with Crippen LogP contribution in [0.4, 0.5) is 5.69 Å². The van der Waals surface area contributed by atoms with Gasteiger partial charge >= 0.3 is 0 Å². The Bertz CT molecular complexity index is 418. The number of benzene rings is 1. The van der Waals surface area contributed by atoms with Crippen LogP contribution in [0.15, 0.2) is 18.2 Å². The predicted molar refractivity (Wildman–Crippen MR) is 68.4 cm³/mol. The van der Waals surface area contributed by atoms with Crippen LogP contribution in [0.25, 0.3) is 0 Å². The molecule has 94 valence electrons. The van der Waals surface area contributed by atoms with Gasteiger partial charge in [0.1, 0.15) is 11.4 Å². The molecule has 1 heterocycles. The zero-order chi connectivity index (χ0) is 12.6. The smallest absolute Gasteiger partial charge is 0.143 e. The van der Waals surface area contributed by atoms with Crippen molar-refractivity contribution in [3.05, 3.63) is 23.8 Å². The second-order valence-electron chi connectivity index (χ2n) is 5.20. The zero-order valence-electron chi connectivity index (χ0n) is 10.6. The van der Waals surface area contributed by atoms with Crippen molar-refractivity contribution in [1.29, 1.82) is 0 Å². The van der Waals surface area contributed by atoms with E-state index in [0.717, 1.165) is 23.5 Å². The predicted octanol–water partition coefficient (Wildman–Crippen LogP) is 1.29. The molecule has 0 saturated carbocycles. The molecule has 1 aromatic rings. The van der Waals surface area contributed by atoms with Crippen LogP contribution < -0.4 is 15.4 Å². The molecule has 0 saturated heterocycles. The van der Waals surface area contributed by atoms with Crippen molar-refractivity contribution in [3.8, 4) is 5.75 Å². The number of hydrogen-bond acceptors (Lipinski definition) is 4. The van der Waals surface area contributed by atoms with Gasteiger partial charge in [-0.05, 0) is 31.5 Å². The van der Waals surface area contributed by atoms with Crippen LogP contribution in [-0.2, 0) is 0 Å². The standard InChI is InChI=1S/C13H20N2O2/c1-13(2)8-15(3)10-6-9(11(16)7-14)4-5-12(10)17-13/h4-6,11,16H,7-8,14H2,1-3H3. The Labute approximate surface area is 102 Å². The van der Waals surface area contributed by atoms with Gasteiger partial charge in [0, 0.05) is 13.6 Å². The lowest BCUT2D eigenvalue weighted by Gasteiger charge is -2.39. The van der Waals surface area contributed by atoms with E-state index in [1.165, 1.54) is 0 Å². The Morgan fingerprint density at radius 1 is 1.53 bits per heavy atom. The molecule has 0 spiro atoms. The fraction of sp³-hybridized carbons (Fsp3) is 0.538. The van der Waals surface area contributed by atoms with Crippen molar-refractivity contribution in [3.63, 3.8) is 0 Å². The maximum atomic E-state index is 9.74. The van der Waals surface area contributed by atoms with E-state index in [-0.39, 0.29) is 12.1 Å². The van der Waals surface area contributed by atoms with Crippen molar-refractivity contribution in [2.75, 3.05) is 25.0 Å². The lowest BCUT2D eigenvalue weighted by Crippen LogP contribution is -2.45. The first-order valence-electron chi connectivity index (χ1n) is 5.85. The highest BCUT2D eigenvalue weighted by Crippen LogP contribution is 2.37. The minimum atomic E-state index is -0.608. The summed E-state index contributed by atoms with van der Waals surface area (Å²) in [5.41, 5.74) is 7.12. The molecular weight excluding hydrogens is 216 g/mol. The SMILES string of the molecule is CN1CC(C)(C)Oc2ccc(C(O)CN)cc21. The van der Waals surface area contributed by atoms with Crippen molar-refractivity contribution in [2.45, 2.75) is 25.6 Å². The number of nitrogens with two attached hydrogens (primary N) is 1. The summed E-state index contributed by atoms with van der Waals surface area (Å²) in [5.74, 6) is 0.858. The van der Waals surface area contributed by atoms with E-state index in [4.69, 9.17) is 10.5 Å². The maximum Gasteiger partial charge on any atom is 0.143 e. The Hall–Kier alpha value is -1.26. The van der Waals surface area contributed by atoms with E-state index in [1.54, 1.807) is 0 Å². The molecule has 1 aliphatic heterocycles. The van der Waals surface area contributed by atoms with Crippen molar-refractivity contribution in [2.24, 2.45) is 5.73 Å². The molecule has 1 atom stereocenters. The molecule has 0 fully saturated rings. The third kappa shape index (κ3) is 2.37. The summed E-state index contributed by atoms with van der Waals surface area (Å²) in [6, 6.07) is 5.72. The molecule has 0 aromatic heterocycles. The third-order valence-electron chi connectivity index (χ3n) is 3.01. The second kappa shape index (κ2) is 4.20. The van der Waals surface area contributed by atoms with Gasteiger partial charge in [-0.1, -0.05) is 6.07 Å². The number of rotatable bonds is 2. The van der Waals surface area contributed by atoms with Crippen LogP contribution in [0.5, 0.6) is 5.75 Å². The number of ether oxygens (including phenoxy) is 1. The van der Waals surface area contributed by atoms with E-state index in [2.05, 4.69) is 18.7 Å². The van der Waals surface area contributed by atoms with Crippen LogP contribution in [0.3, 0.4) is 0 Å². The Morgan fingerprint density at radius 2 is 2.24 bits per heavy atom. The van der Waals surface area contributed by atoms with E-state index in [9.17, 15) is 5.11 Å². The lowest BCUT2D eigenvalue weighted by molar-refractivity contribution is 0.107. The molecule has 17 heavy (non-hydrogen) atoms. The van der Waals surface area contributed by atoms with Gasteiger partial charge in [0.15, 0.2) is 0 Å². The molecule has 1 aromatic carbocycles. The molecule has 4 nitrogen and oxygen atoms in total. The topological polar surface area (TPSA) is 58.7 Å². The quantitative estimate of drug-likeness (QED) is 0.812. The number of fused-ring (bicyclic) bond motifs is 1. The first-order valence-corrected chi connectivity index (χ1v) is 5.85. The van der Waals surface area contributed by atoms with E-state index >= 15 is 0 Å². The fourth-order valence-corrected chi connectivity index (χ4v) is 2.25. The van der Waals surface area contributed by atoms with E-state index < -0.39 is 6.10 Å². The van der Waals surface area contributed by atoms with Crippen LogP contribution in [0.1, 0.15) is 25.5 Å².